The summed E-state index contributed by atoms with van der Waals surface area (Å²) in [5.74, 6) is 1.63. The Kier molecular flexibility index (Phi) is 4.02. The Balaban J connectivity index is 1.63. The minimum absolute atomic E-state index is 0.509. The van der Waals surface area contributed by atoms with Gasteiger partial charge in [-0.05, 0) is 18.9 Å². The van der Waals surface area contributed by atoms with E-state index in [0.29, 0.717) is 6.04 Å². The second kappa shape index (κ2) is 6.47. The number of hydrogen-bond donors (Lipinski definition) is 1. The largest absolute Gasteiger partial charge is 0.497 e. The molecule has 0 bridgehead atoms. The molecule has 0 aliphatic heterocycles. The third kappa shape index (κ3) is 2.91. The Hall–Kier alpha value is -2.63. The minimum atomic E-state index is 0.509. The molecular weight excluding hydrogens is 302 g/mol. The quantitative estimate of drug-likeness (QED) is 0.795. The second-order valence-corrected chi connectivity index (χ2v) is 6.21. The molecule has 1 saturated carbocycles. The molecule has 1 fully saturated rings. The van der Waals surface area contributed by atoms with Gasteiger partial charge in [-0.1, -0.05) is 19.3 Å². The standard InChI is InChI=1S/C18H21N5O/c1-24-14-7-8-23-16(11-20-18(23)9-14)15-10-19-12-17(22-15)21-13-5-3-2-4-6-13/h7-13H,2-6H2,1H3,(H,21,22). The molecule has 1 aliphatic carbocycles. The Morgan fingerprint density at radius 2 is 2.04 bits per heavy atom. The summed E-state index contributed by atoms with van der Waals surface area (Å²) in [4.78, 5) is 13.5. The van der Waals surface area contributed by atoms with Crippen LogP contribution in [0.25, 0.3) is 17.0 Å². The number of methoxy groups -OCH3 is 1. The van der Waals surface area contributed by atoms with Gasteiger partial charge in [0.1, 0.15) is 22.9 Å². The molecule has 1 aliphatic rings. The molecule has 3 aromatic rings. The number of anilines is 1. The highest BCUT2D eigenvalue weighted by Gasteiger charge is 2.15. The topological polar surface area (TPSA) is 64.3 Å². The monoisotopic (exact) mass is 323 g/mol. The third-order valence-electron chi connectivity index (χ3n) is 4.57. The Morgan fingerprint density at radius 1 is 1.17 bits per heavy atom. The van der Waals surface area contributed by atoms with Gasteiger partial charge in [0.25, 0.3) is 0 Å². The molecule has 124 valence electrons. The summed E-state index contributed by atoms with van der Waals surface area (Å²) in [7, 11) is 1.65. The minimum Gasteiger partial charge on any atom is -0.497 e. The summed E-state index contributed by atoms with van der Waals surface area (Å²) in [6.45, 7) is 0. The molecule has 0 unspecified atom stereocenters. The number of imidazole rings is 1. The number of pyridine rings is 1. The van der Waals surface area contributed by atoms with Gasteiger partial charge in [0, 0.05) is 18.3 Å². The molecule has 0 aromatic carbocycles. The Labute approximate surface area is 140 Å². The molecule has 3 heterocycles. The normalized spacial score (nSPS) is 15.5. The van der Waals surface area contributed by atoms with Crippen molar-refractivity contribution < 1.29 is 4.74 Å². The molecule has 0 spiro atoms. The molecule has 3 aromatic heterocycles. The van der Waals surface area contributed by atoms with Crippen molar-refractivity contribution in [3.05, 3.63) is 36.9 Å². The first-order valence-corrected chi connectivity index (χ1v) is 8.43. The number of hydrogen-bond acceptors (Lipinski definition) is 5. The first kappa shape index (κ1) is 14.9. The fourth-order valence-electron chi connectivity index (χ4n) is 3.29. The molecule has 6 nitrogen and oxygen atoms in total. The van der Waals surface area contributed by atoms with Crippen LogP contribution in [0.4, 0.5) is 5.82 Å². The molecular formula is C18H21N5O. The number of rotatable bonds is 4. The van der Waals surface area contributed by atoms with Crippen LogP contribution in [-0.2, 0) is 0 Å². The van der Waals surface area contributed by atoms with Crippen LogP contribution in [0.1, 0.15) is 32.1 Å². The molecule has 24 heavy (non-hydrogen) atoms. The van der Waals surface area contributed by atoms with Crippen LogP contribution in [-0.4, -0.2) is 32.5 Å². The van der Waals surface area contributed by atoms with E-state index in [9.17, 15) is 0 Å². The molecule has 0 amide bonds. The lowest BCUT2D eigenvalue weighted by Gasteiger charge is -2.23. The molecule has 0 atom stereocenters. The lowest BCUT2D eigenvalue weighted by molar-refractivity contribution is 0.414. The number of fused-ring (bicyclic) bond motifs is 1. The van der Waals surface area contributed by atoms with Gasteiger partial charge >= 0.3 is 0 Å². The van der Waals surface area contributed by atoms with E-state index in [-0.39, 0.29) is 0 Å². The van der Waals surface area contributed by atoms with E-state index in [1.54, 1.807) is 19.5 Å². The summed E-state index contributed by atoms with van der Waals surface area (Å²) in [5.41, 5.74) is 2.57. The van der Waals surface area contributed by atoms with Crippen molar-refractivity contribution in [1.29, 1.82) is 0 Å². The van der Waals surface area contributed by atoms with E-state index < -0.39 is 0 Å². The van der Waals surface area contributed by atoms with E-state index in [4.69, 9.17) is 9.72 Å². The Morgan fingerprint density at radius 3 is 2.88 bits per heavy atom. The van der Waals surface area contributed by atoms with Gasteiger partial charge in [0.2, 0.25) is 0 Å². The maximum atomic E-state index is 5.25. The first-order chi connectivity index (χ1) is 11.8. The fourth-order valence-corrected chi connectivity index (χ4v) is 3.29. The van der Waals surface area contributed by atoms with Crippen molar-refractivity contribution in [2.45, 2.75) is 38.1 Å². The van der Waals surface area contributed by atoms with Crippen molar-refractivity contribution >= 4 is 11.5 Å². The maximum Gasteiger partial charge on any atom is 0.145 e. The predicted octanol–water partition coefficient (Wildman–Crippen LogP) is 3.54. The SMILES string of the molecule is COc1ccn2c(-c3cncc(NC4CCCCC4)n3)cnc2c1. The van der Waals surface area contributed by atoms with Gasteiger partial charge < -0.3 is 10.1 Å². The van der Waals surface area contributed by atoms with Gasteiger partial charge in [0.15, 0.2) is 0 Å². The zero-order valence-electron chi connectivity index (χ0n) is 13.8. The van der Waals surface area contributed by atoms with Crippen LogP contribution in [0, 0.1) is 0 Å². The molecule has 0 saturated heterocycles. The van der Waals surface area contributed by atoms with Gasteiger partial charge in [0.05, 0.1) is 31.4 Å². The van der Waals surface area contributed by atoms with E-state index in [1.165, 1.54) is 32.1 Å². The van der Waals surface area contributed by atoms with Crippen molar-refractivity contribution in [1.82, 2.24) is 19.4 Å². The molecule has 0 radical (unpaired) electrons. The van der Waals surface area contributed by atoms with Crippen LogP contribution in [0.2, 0.25) is 0 Å². The summed E-state index contributed by atoms with van der Waals surface area (Å²) in [6.07, 6.45) is 13.7. The summed E-state index contributed by atoms with van der Waals surface area (Å²) in [5, 5.41) is 3.53. The van der Waals surface area contributed by atoms with Gasteiger partial charge in [-0.3, -0.25) is 9.38 Å². The van der Waals surface area contributed by atoms with E-state index in [1.807, 2.05) is 28.9 Å². The third-order valence-corrected chi connectivity index (χ3v) is 4.57. The van der Waals surface area contributed by atoms with E-state index in [2.05, 4.69) is 15.3 Å². The van der Waals surface area contributed by atoms with Crippen LogP contribution in [0.3, 0.4) is 0 Å². The second-order valence-electron chi connectivity index (χ2n) is 6.21. The number of aromatic nitrogens is 4. The van der Waals surface area contributed by atoms with Gasteiger partial charge in [-0.25, -0.2) is 9.97 Å². The van der Waals surface area contributed by atoms with Crippen LogP contribution < -0.4 is 10.1 Å². The average molecular weight is 323 g/mol. The van der Waals surface area contributed by atoms with Crippen molar-refractivity contribution in [3.63, 3.8) is 0 Å². The van der Waals surface area contributed by atoms with E-state index >= 15 is 0 Å². The summed E-state index contributed by atoms with van der Waals surface area (Å²) >= 11 is 0. The van der Waals surface area contributed by atoms with Crippen molar-refractivity contribution in [2.24, 2.45) is 0 Å². The summed E-state index contributed by atoms with van der Waals surface area (Å²) < 4.78 is 7.25. The highest BCUT2D eigenvalue weighted by Crippen LogP contribution is 2.24. The zero-order chi connectivity index (χ0) is 16.4. The molecule has 1 N–H and O–H groups in total. The lowest BCUT2D eigenvalue weighted by atomic mass is 9.95. The van der Waals surface area contributed by atoms with Crippen LogP contribution in [0.15, 0.2) is 36.9 Å². The Bertz CT molecular complexity index is 838. The van der Waals surface area contributed by atoms with Crippen molar-refractivity contribution in [3.8, 4) is 17.1 Å². The van der Waals surface area contributed by atoms with Gasteiger partial charge in [-0.15, -0.1) is 0 Å². The van der Waals surface area contributed by atoms with Crippen LogP contribution >= 0.6 is 0 Å². The first-order valence-electron chi connectivity index (χ1n) is 8.43. The van der Waals surface area contributed by atoms with Crippen LogP contribution in [0.5, 0.6) is 5.75 Å². The highest BCUT2D eigenvalue weighted by atomic mass is 16.5. The van der Waals surface area contributed by atoms with Gasteiger partial charge in [-0.2, -0.15) is 0 Å². The smallest absolute Gasteiger partial charge is 0.145 e. The highest BCUT2D eigenvalue weighted by molar-refractivity contribution is 5.61. The predicted molar refractivity (Wildman–Crippen MR) is 93.3 cm³/mol. The zero-order valence-corrected chi connectivity index (χ0v) is 13.8. The lowest BCUT2D eigenvalue weighted by Crippen LogP contribution is -2.22. The fraction of sp³-hybridized carbons (Fsp3) is 0.389. The maximum absolute atomic E-state index is 5.25. The van der Waals surface area contributed by atoms with E-state index in [0.717, 1.165) is 28.6 Å². The molecule has 6 heteroatoms. The summed E-state index contributed by atoms with van der Waals surface area (Å²) in [6, 6.07) is 4.33. The number of ether oxygens (including phenoxy) is 1. The number of nitrogens with zero attached hydrogens (tertiary/aromatic N) is 4. The average Bonchev–Trinajstić information content (AvgIpc) is 3.06. The number of nitrogens with one attached hydrogen (secondary N) is 1. The van der Waals surface area contributed by atoms with Crippen molar-refractivity contribution in [2.75, 3.05) is 12.4 Å². The molecule has 4 rings (SSSR count).